The summed E-state index contributed by atoms with van der Waals surface area (Å²) in [6, 6.07) is -1.30. The number of carbonyl (C=O) groups is 2. The molecule has 0 aromatic heterocycles. The molecule has 0 heterocycles. The summed E-state index contributed by atoms with van der Waals surface area (Å²) >= 11 is 0. The van der Waals surface area contributed by atoms with Crippen LogP contribution in [0.1, 0.15) is 0 Å². The number of hydrogen-bond donors (Lipinski definition) is 3. The van der Waals surface area contributed by atoms with E-state index in [0.29, 0.717) is 6.21 Å². The number of nitrogens with one attached hydrogen (secondary N) is 1. The van der Waals surface area contributed by atoms with Crippen LogP contribution in [-0.2, 0) is 9.59 Å². The van der Waals surface area contributed by atoms with Crippen LogP contribution in [0.4, 0.5) is 0 Å². The molecule has 0 amide bonds. The number of ketones is 1. The van der Waals surface area contributed by atoms with Crippen molar-refractivity contribution in [2.45, 2.75) is 6.04 Å². The molecular formula is C6H9N3O3. The molecular weight excluding hydrogens is 162 g/mol. The number of amidine groups is 1. The smallest absolute Gasteiger partial charge is 0.204 e. The van der Waals surface area contributed by atoms with Crippen LogP contribution in [-0.4, -0.2) is 41.9 Å². The molecule has 0 saturated carbocycles. The molecule has 0 bridgehead atoms. The molecule has 0 fully saturated rings. The van der Waals surface area contributed by atoms with Crippen molar-refractivity contribution in [2.75, 3.05) is 6.61 Å². The number of hydrogen-bond acceptors (Lipinski definition) is 5. The number of nitrogens with two attached hydrogens (primary N) is 1. The Labute approximate surface area is 68.6 Å². The highest BCUT2D eigenvalue weighted by atomic mass is 16.3. The van der Waals surface area contributed by atoms with Gasteiger partial charge in [0.25, 0.3) is 0 Å². The van der Waals surface area contributed by atoms with Crippen molar-refractivity contribution < 1.29 is 14.7 Å². The largest absolute Gasteiger partial charge is 0.388 e. The number of aliphatic imine (C=N–C) groups is 1. The zero-order chi connectivity index (χ0) is 9.56. The molecule has 1 atom stereocenters. The Morgan fingerprint density at radius 3 is 2.67 bits per heavy atom. The van der Waals surface area contributed by atoms with Crippen molar-refractivity contribution in [3.63, 3.8) is 0 Å². The fourth-order valence-corrected chi connectivity index (χ4v) is 0.466. The van der Waals surface area contributed by atoms with Gasteiger partial charge in [-0.15, -0.1) is 0 Å². The van der Waals surface area contributed by atoms with Gasteiger partial charge >= 0.3 is 0 Å². The Morgan fingerprint density at radius 2 is 2.33 bits per heavy atom. The topological polar surface area (TPSA) is 117 Å². The highest BCUT2D eigenvalue weighted by Gasteiger charge is 2.13. The molecule has 6 nitrogen and oxygen atoms in total. The maximum absolute atomic E-state index is 10.7. The van der Waals surface area contributed by atoms with E-state index in [9.17, 15) is 9.59 Å². The lowest BCUT2D eigenvalue weighted by Gasteiger charge is -2.00. The van der Waals surface area contributed by atoms with Crippen molar-refractivity contribution in [1.29, 1.82) is 5.41 Å². The summed E-state index contributed by atoms with van der Waals surface area (Å²) in [5.41, 5.74) is 5.06. The van der Waals surface area contributed by atoms with E-state index in [1.54, 1.807) is 0 Å². The van der Waals surface area contributed by atoms with Crippen LogP contribution >= 0.6 is 0 Å². The van der Waals surface area contributed by atoms with Gasteiger partial charge in [0.15, 0.2) is 12.3 Å². The monoisotopic (exact) mass is 171 g/mol. The van der Waals surface area contributed by atoms with E-state index in [2.05, 4.69) is 4.99 Å². The maximum atomic E-state index is 10.7. The molecule has 0 rings (SSSR count). The van der Waals surface area contributed by atoms with E-state index in [4.69, 9.17) is 16.2 Å². The Morgan fingerprint density at radius 1 is 1.75 bits per heavy atom. The Kier molecular flexibility index (Phi) is 4.47. The van der Waals surface area contributed by atoms with E-state index in [-0.39, 0.29) is 12.1 Å². The minimum atomic E-state index is -1.30. The van der Waals surface area contributed by atoms with Crippen LogP contribution in [0, 0.1) is 5.41 Å². The van der Waals surface area contributed by atoms with Gasteiger partial charge in [0.2, 0.25) is 5.78 Å². The van der Waals surface area contributed by atoms with Gasteiger partial charge in [0.1, 0.15) is 12.4 Å². The van der Waals surface area contributed by atoms with Gasteiger partial charge in [-0.25, -0.2) is 0 Å². The van der Waals surface area contributed by atoms with Crippen LogP contribution in [0.3, 0.4) is 0 Å². The summed E-state index contributed by atoms with van der Waals surface area (Å²) in [5.74, 6) is -0.969. The molecule has 66 valence electrons. The second-order valence-electron chi connectivity index (χ2n) is 1.91. The minimum Gasteiger partial charge on any atom is -0.388 e. The standard InChI is InChI=1S/C6H9N3O3/c7-1-5(12)4(2-10)9-6(8)3-11/h1-2,4,7,11H,3H2,(H2,8,9). The highest BCUT2D eigenvalue weighted by molar-refractivity contribution is 6.32. The number of Topliss-reactive ketones (excluding diaryl/α,β-unsaturated/α-hetero) is 1. The summed E-state index contributed by atoms with van der Waals surface area (Å²) in [6.07, 6.45) is 0.739. The van der Waals surface area contributed by atoms with Crippen LogP contribution < -0.4 is 5.73 Å². The first-order chi connectivity index (χ1) is 5.65. The Hall–Kier alpha value is -1.56. The van der Waals surface area contributed by atoms with Crippen LogP contribution in [0.25, 0.3) is 0 Å². The molecule has 1 unspecified atom stereocenters. The Bertz CT molecular complexity index is 224. The predicted octanol–water partition coefficient (Wildman–Crippen LogP) is -1.88. The van der Waals surface area contributed by atoms with Crippen LogP contribution in [0.5, 0.6) is 0 Å². The third-order valence-electron chi connectivity index (χ3n) is 1.03. The van der Waals surface area contributed by atoms with Crippen molar-refractivity contribution in [3.05, 3.63) is 0 Å². The number of rotatable bonds is 5. The molecule has 0 aliphatic rings. The summed E-state index contributed by atoms with van der Waals surface area (Å²) in [4.78, 5) is 24.2. The number of nitrogens with zero attached hydrogens (tertiary/aromatic N) is 1. The molecule has 6 heteroatoms. The average molecular weight is 171 g/mol. The fraction of sp³-hybridized carbons (Fsp3) is 0.333. The lowest BCUT2D eigenvalue weighted by atomic mass is 10.2. The number of aliphatic hydroxyl groups excluding tert-OH is 1. The van der Waals surface area contributed by atoms with Gasteiger partial charge in [-0.3, -0.25) is 9.79 Å². The van der Waals surface area contributed by atoms with Gasteiger partial charge in [0.05, 0.1) is 6.21 Å². The van der Waals surface area contributed by atoms with E-state index >= 15 is 0 Å². The highest BCUT2D eigenvalue weighted by Crippen LogP contribution is 1.87. The summed E-state index contributed by atoms with van der Waals surface area (Å²) in [6.45, 7) is -0.518. The molecule has 0 aromatic carbocycles. The van der Waals surface area contributed by atoms with Gasteiger partial charge < -0.3 is 21.0 Å². The van der Waals surface area contributed by atoms with E-state index < -0.39 is 18.4 Å². The molecule has 4 N–H and O–H groups in total. The number of aliphatic hydroxyl groups is 1. The van der Waals surface area contributed by atoms with Crippen LogP contribution in [0.15, 0.2) is 4.99 Å². The molecule has 0 aromatic rings. The fourth-order valence-electron chi connectivity index (χ4n) is 0.466. The van der Waals surface area contributed by atoms with Crippen LogP contribution in [0.2, 0.25) is 0 Å². The van der Waals surface area contributed by atoms with Crippen molar-refractivity contribution >= 4 is 24.1 Å². The predicted molar refractivity (Wildman–Crippen MR) is 42.4 cm³/mol. The molecule has 0 aliphatic carbocycles. The van der Waals surface area contributed by atoms with E-state index in [1.807, 2.05) is 0 Å². The number of aldehydes is 1. The second-order valence-corrected chi connectivity index (χ2v) is 1.91. The SMILES string of the molecule is N=CC(=O)C(C=O)N=C(N)CO. The van der Waals surface area contributed by atoms with Gasteiger partial charge in [-0.1, -0.05) is 0 Å². The van der Waals surface area contributed by atoms with Crippen molar-refractivity contribution in [2.24, 2.45) is 10.7 Å². The molecule has 0 saturated heterocycles. The first-order valence-corrected chi connectivity index (χ1v) is 3.08. The van der Waals surface area contributed by atoms with Gasteiger partial charge in [-0.05, 0) is 0 Å². The van der Waals surface area contributed by atoms with Gasteiger partial charge in [0, 0.05) is 0 Å². The summed E-state index contributed by atoms with van der Waals surface area (Å²) in [5, 5.41) is 14.9. The average Bonchev–Trinajstić information content (AvgIpc) is 2.12. The van der Waals surface area contributed by atoms with E-state index in [0.717, 1.165) is 0 Å². The molecule has 0 spiro atoms. The quantitative estimate of drug-likeness (QED) is 0.194. The molecule has 0 radical (unpaired) electrons. The first-order valence-electron chi connectivity index (χ1n) is 3.08. The maximum Gasteiger partial charge on any atom is 0.204 e. The first kappa shape index (κ1) is 10.4. The lowest BCUT2D eigenvalue weighted by molar-refractivity contribution is -0.118. The normalized spacial score (nSPS) is 13.6. The third-order valence-corrected chi connectivity index (χ3v) is 1.03. The zero-order valence-electron chi connectivity index (χ0n) is 6.23. The van der Waals surface area contributed by atoms with Crippen molar-refractivity contribution in [1.82, 2.24) is 0 Å². The molecule has 12 heavy (non-hydrogen) atoms. The third kappa shape index (κ3) is 3.02. The molecule has 0 aliphatic heterocycles. The summed E-state index contributed by atoms with van der Waals surface area (Å²) in [7, 11) is 0. The second kappa shape index (κ2) is 5.14. The zero-order valence-corrected chi connectivity index (χ0v) is 6.23. The Balaban J connectivity index is 4.46. The van der Waals surface area contributed by atoms with E-state index in [1.165, 1.54) is 0 Å². The number of carbonyl (C=O) groups excluding carboxylic acids is 2. The van der Waals surface area contributed by atoms with Gasteiger partial charge in [-0.2, -0.15) is 0 Å². The lowest BCUT2D eigenvalue weighted by Crippen LogP contribution is -2.27. The summed E-state index contributed by atoms with van der Waals surface area (Å²) < 4.78 is 0. The minimum absolute atomic E-state index is 0.206. The van der Waals surface area contributed by atoms with Crippen molar-refractivity contribution in [3.8, 4) is 0 Å².